The van der Waals surface area contributed by atoms with Gasteiger partial charge < -0.3 is 45.6 Å². The molecule has 16 nitrogen and oxygen atoms in total. The fourth-order valence-electron chi connectivity index (χ4n) is 13.8. The first kappa shape index (κ1) is 54.2. The molecule has 80 heavy (non-hydrogen) atoms. The second-order valence-electron chi connectivity index (χ2n) is 25.3. The number of ether oxygens (including phenoxy) is 1. The fraction of sp³-hybridized carbons (Fsp3) is 0.525. The topological polar surface area (TPSA) is 198 Å². The van der Waals surface area contributed by atoms with Crippen LogP contribution < -0.4 is 25.6 Å². The monoisotopic (exact) mass is 1110 g/mol. The van der Waals surface area contributed by atoms with E-state index in [0.717, 1.165) is 79.9 Å². The number of fused-ring (bicyclic) bond motifs is 4. The molecule has 3 aromatic heterocycles. The Balaban J connectivity index is 0.665. The summed E-state index contributed by atoms with van der Waals surface area (Å²) in [5, 5.41) is 32.9. The third-order valence-corrected chi connectivity index (χ3v) is 19.0. The lowest BCUT2D eigenvalue weighted by molar-refractivity contribution is -0.145. The first-order chi connectivity index (χ1) is 38.2. The van der Waals surface area contributed by atoms with Crippen molar-refractivity contribution in [3.05, 3.63) is 88.7 Å². The number of amides is 3. The molecule has 2 bridgehead atoms. The van der Waals surface area contributed by atoms with Crippen LogP contribution in [0.15, 0.2) is 60.2 Å². The van der Waals surface area contributed by atoms with Gasteiger partial charge in [0.2, 0.25) is 17.7 Å². The first-order valence-corrected chi connectivity index (χ1v) is 29.4. The number of halogens is 2. The molecule has 2 aliphatic carbocycles. The number of aryl methyl sites for hydroxylation is 2. The van der Waals surface area contributed by atoms with Gasteiger partial charge in [-0.1, -0.05) is 58.0 Å². The average molecular weight is 1110 g/mol. The quantitative estimate of drug-likeness (QED) is 0.0620. The van der Waals surface area contributed by atoms with Gasteiger partial charge in [-0.3, -0.25) is 19.4 Å². The molecule has 4 aliphatic heterocycles. The van der Waals surface area contributed by atoms with Gasteiger partial charge in [0.15, 0.2) is 5.82 Å². The predicted molar refractivity (Wildman–Crippen MR) is 303 cm³/mol. The minimum Gasteiger partial charge on any atom is -0.508 e. The number of pyridine rings is 1. The number of aliphatic hydroxyl groups is 1. The molecule has 6 fully saturated rings. The molecule has 5 N–H and O–H groups in total. The van der Waals surface area contributed by atoms with Gasteiger partial charge in [0.05, 0.1) is 40.2 Å². The summed E-state index contributed by atoms with van der Waals surface area (Å²) in [6.07, 6.45) is 7.36. The number of phenolic OH excluding ortho intramolecular Hbond substituents is 1. The van der Waals surface area contributed by atoms with Gasteiger partial charge in [-0.05, 0) is 121 Å². The van der Waals surface area contributed by atoms with E-state index >= 15 is 8.78 Å². The summed E-state index contributed by atoms with van der Waals surface area (Å²) in [5.74, 6) is -1.35. The fourth-order valence-corrected chi connectivity index (χ4v) is 14.6. The maximum atomic E-state index is 17.2. The zero-order chi connectivity index (χ0) is 56.0. The zero-order valence-electron chi connectivity index (χ0n) is 46.5. The van der Waals surface area contributed by atoms with Crippen molar-refractivity contribution < 1.29 is 38.1 Å². The molecule has 12 rings (SSSR count). The Morgan fingerprint density at radius 1 is 0.975 bits per heavy atom. The van der Waals surface area contributed by atoms with Gasteiger partial charge in [-0.25, -0.2) is 13.8 Å². The number of hydrogen-bond donors (Lipinski definition) is 5. The second-order valence-corrected chi connectivity index (χ2v) is 26.2. The zero-order valence-corrected chi connectivity index (χ0v) is 47.3. The van der Waals surface area contributed by atoms with Crippen LogP contribution >= 0.6 is 11.3 Å². The minimum absolute atomic E-state index is 0.00519. The Labute approximate surface area is 469 Å². The molecule has 0 radical (unpaired) electrons. The Morgan fingerprint density at radius 2 is 1.71 bits per heavy atom. The Bertz CT molecular complexity index is 3380. The van der Waals surface area contributed by atoms with Crippen molar-refractivity contribution in [3.63, 3.8) is 0 Å². The maximum Gasteiger partial charge on any atom is 0.319 e. The van der Waals surface area contributed by atoms with Crippen molar-refractivity contribution in [1.29, 1.82) is 0 Å². The van der Waals surface area contributed by atoms with Crippen LogP contribution in [0.25, 0.3) is 43.4 Å². The normalized spacial score (nSPS) is 23.0. The average Bonchev–Trinajstić information content (AvgIpc) is 3.82. The third kappa shape index (κ3) is 10.5. The Morgan fingerprint density at radius 3 is 2.39 bits per heavy atom. The highest BCUT2D eigenvalue weighted by Gasteiger charge is 2.56. The summed E-state index contributed by atoms with van der Waals surface area (Å²) in [6.45, 7) is 15.9. The molecule has 2 unspecified atom stereocenters. The number of aliphatic hydroxyl groups excluding tert-OH is 1. The molecule has 19 heteroatoms. The number of nitrogens with one attached hydrogen (secondary N) is 3. The van der Waals surface area contributed by atoms with Gasteiger partial charge >= 0.3 is 6.01 Å². The van der Waals surface area contributed by atoms with Crippen LogP contribution in [-0.4, -0.2) is 134 Å². The maximum absolute atomic E-state index is 17.2. The van der Waals surface area contributed by atoms with Crippen LogP contribution in [0, 0.1) is 40.7 Å². The highest BCUT2D eigenvalue weighted by molar-refractivity contribution is 7.13. The summed E-state index contributed by atoms with van der Waals surface area (Å²) in [7, 11) is 0. The molecule has 422 valence electrons. The van der Waals surface area contributed by atoms with Gasteiger partial charge in [0, 0.05) is 81.4 Å². The smallest absolute Gasteiger partial charge is 0.319 e. The van der Waals surface area contributed by atoms with Crippen LogP contribution in [0.2, 0.25) is 0 Å². The highest BCUT2D eigenvalue weighted by Crippen LogP contribution is 2.56. The molecular weight excluding hydrogens is 1040 g/mol. The number of aromatic hydroxyl groups is 1. The van der Waals surface area contributed by atoms with Crippen LogP contribution in [0.5, 0.6) is 11.8 Å². The number of anilines is 1. The lowest BCUT2D eigenvalue weighted by atomic mass is 9.57. The van der Waals surface area contributed by atoms with E-state index < -0.39 is 35.2 Å². The predicted octanol–water partition coefficient (Wildman–Crippen LogP) is 8.39. The molecule has 4 saturated heterocycles. The van der Waals surface area contributed by atoms with Gasteiger partial charge in [-0.15, -0.1) is 11.3 Å². The minimum atomic E-state index is -0.898. The summed E-state index contributed by atoms with van der Waals surface area (Å²) < 4.78 is 39.0. The van der Waals surface area contributed by atoms with E-state index in [1.807, 2.05) is 71.3 Å². The van der Waals surface area contributed by atoms with Gasteiger partial charge in [-0.2, -0.15) is 9.97 Å². The van der Waals surface area contributed by atoms with Crippen LogP contribution in [0.1, 0.15) is 109 Å². The number of thiazole rings is 1. The molecule has 6 atom stereocenters. The van der Waals surface area contributed by atoms with E-state index in [4.69, 9.17) is 14.7 Å². The largest absolute Gasteiger partial charge is 0.508 e. The third-order valence-electron chi connectivity index (χ3n) is 18.0. The van der Waals surface area contributed by atoms with Crippen LogP contribution in [0.3, 0.4) is 0 Å². The number of aromatic nitrogens is 4. The molecule has 6 aromatic rings. The lowest BCUT2D eigenvalue weighted by Crippen LogP contribution is -2.63. The Hall–Kier alpha value is -6.41. The molecular formula is C61H72F2N10O6S. The highest BCUT2D eigenvalue weighted by atomic mass is 32.1. The number of likely N-dealkylation sites (tertiary alicyclic amines) is 2. The van der Waals surface area contributed by atoms with Gasteiger partial charge in [0.25, 0.3) is 0 Å². The van der Waals surface area contributed by atoms with E-state index in [-0.39, 0.29) is 94.1 Å². The molecule has 2 saturated carbocycles. The summed E-state index contributed by atoms with van der Waals surface area (Å²) in [6, 6.07) is 12.5. The second kappa shape index (κ2) is 20.8. The molecule has 7 heterocycles. The molecule has 3 aromatic carbocycles. The number of piperazine rings is 1. The number of nitrogens with zero attached hydrogens (tertiary/aromatic N) is 7. The molecule has 1 spiro atoms. The number of benzene rings is 3. The van der Waals surface area contributed by atoms with Crippen molar-refractivity contribution in [1.82, 2.24) is 45.7 Å². The van der Waals surface area contributed by atoms with Crippen molar-refractivity contribution in [3.8, 4) is 33.5 Å². The number of carbonyl (C=O) groups is 3. The Kier molecular flexibility index (Phi) is 14.1. The van der Waals surface area contributed by atoms with Crippen LogP contribution in [0.4, 0.5) is 14.6 Å². The lowest BCUT2D eigenvalue weighted by Gasteiger charge is -2.60. The number of rotatable bonds is 16. The van der Waals surface area contributed by atoms with E-state index in [1.165, 1.54) is 17.0 Å². The van der Waals surface area contributed by atoms with Crippen molar-refractivity contribution in [2.24, 2.45) is 22.2 Å². The van der Waals surface area contributed by atoms with Crippen molar-refractivity contribution in [2.45, 2.75) is 136 Å². The number of β-amino-alcohol motifs (C(OH)–C–C–N with tert-alkyl or cyclic N) is 1. The van der Waals surface area contributed by atoms with E-state index in [2.05, 4.69) is 35.7 Å². The van der Waals surface area contributed by atoms with Crippen molar-refractivity contribution >= 4 is 56.6 Å². The van der Waals surface area contributed by atoms with E-state index in [1.54, 1.807) is 29.7 Å². The number of phenols is 1. The summed E-state index contributed by atoms with van der Waals surface area (Å²) in [5.41, 5.74) is 4.84. The summed E-state index contributed by atoms with van der Waals surface area (Å²) in [4.78, 5) is 67.9. The van der Waals surface area contributed by atoms with E-state index in [0.29, 0.717) is 60.1 Å². The van der Waals surface area contributed by atoms with Crippen molar-refractivity contribution in [2.75, 3.05) is 50.8 Å². The number of carbonyl (C=O) groups excluding carboxylic acids is 3. The number of hydrogen-bond acceptors (Lipinski definition) is 14. The molecule has 6 aliphatic rings. The standard InChI is InChI=1S/C61H72F2N10O6S/c1-7-43-46(62)15-12-38-19-41(74)20-44(49(38)43)51-50(63)52-45(24-64-51)55(72-25-39-13-14-40(26-72)67-39)70-58(69-52)79-31-60(16-17-60)28-71-29-61(30-71)22-35(23-61)18-48(76)68-54(59(4,5)6)57(78)73-27-42(75)21-47(73)56(77)66-33(2)36-8-10-37(11-9-36)53-34(3)65-32-80-53/h8-12,15,19-20,24,32-33,35,39-40,42,47,54,67,74-75H,7,13-14,16-18,21-23,25-31H2,1-6H3,(H,66,77)(H,68,76)/t33-,39?,40?,42+,47-,54+/m0/s1. The SMILES string of the molecule is CCc1c(F)ccc2cc(O)cc(-c3ncc4c(N5CC6CCC(C5)N6)nc(OCC5(CN6CC7(CC(CC(=O)N[C@H](C(=O)N8C[C@H](O)C[C@H]8C(=O)N[C@@H](C)c8ccc(-c9scnc9C)cc8)C(C)(C)C)C7)C6)CC5)nc4c3F)c12. The van der Waals surface area contributed by atoms with Gasteiger partial charge in [0.1, 0.15) is 40.7 Å². The van der Waals surface area contributed by atoms with Crippen LogP contribution in [-0.2, 0) is 20.8 Å². The molecule has 3 amide bonds. The first-order valence-electron chi connectivity index (χ1n) is 28.5. The summed E-state index contributed by atoms with van der Waals surface area (Å²) >= 11 is 1.58. The van der Waals surface area contributed by atoms with E-state index in [9.17, 15) is 24.6 Å².